The van der Waals surface area contributed by atoms with Crippen LogP contribution >= 0.6 is 0 Å². The number of fused-ring (bicyclic) bond motifs is 3. The molecule has 0 saturated heterocycles. The second-order valence-electron chi connectivity index (χ2n) is 8.20. The number of nitrogens with zero attached hydrogens (tertiary/aromatic N) is 1. The highest BCUT2D eigenvalue weighted by Crippen LogP contribution is 2.39. The summed E-state index contributed by atoms with van der Waals surface area (Å²) in [5, 5.41) is 0. The zero-order valence-corrected chi connectivity index (χ0v) is 18.1. The normalized spacial score (nSPS) is 12.1. The predicted octanol–water partition coefficient (Wildman–Crippen LogP) is 6.40. The Morgan fingerprint density at radius 3 is 1.82 bits per heavy atom. The van der Waals surface area contributed by atoms with Gasteiger partial charge in [-0.2, -0.15) is 0 Å². The molecule has 0 fully saturated rings. The van der Waals surface area contributed by atoms with Crippen LogP contribution in [0.3, 0.4) is 0 Å². The molecule has 1 aliphatic rings. The second kappa shape index (κ2) is 8.36. The van der Waals surface area contributed by atoms with Crippen molar-refractivity contribution in [2.45, 2.75) is 0 Å². The average molecular weight is 423 g/mol. The lowest BCUT2D eigenvalue weighted by molar-refractivity contribution is 0.483. The molecular formula is C30H22BNO. The number of anilines is 2. The number of rotatable bonds is 4. The van der Waals surface area contributed by atoms with Gasteiger partial charge < -0.3 is 9.55 Å². The lowest BCUT2D eigenvalue weighted by Gasteiger charge is -2.38. The minimum Gasteiger partial charge on any atom is -0.457 e. The van der Waals surface area contributed by atoms with Gasteiger partial charge in [0.25, 0.3) is 0 Å². The van der Waals surface area contributed by atoms with E-state index in [9.17, 15) is 0 Å². The Balaban J connectivity index is 1.48. The first-order chi connectivity index (χ1) is 16.4. The Morgan fingerprint density at radius 1 is 0.485 bits per heavy atom. The number of benzene rings is 5. The molecule has 0 aliphatic carbocycles. The summed E-state index contributed by atoms with van der Waals surface area (Å²) in [6, 6.07) is 46.5. The van der Waals surface area contributed by atoms with Crippen LogP contribution in [0.4, 0.5) is 11.4 Å². The first kappa shape index (κ1) is 19.5. The largest absolute Gasteiger partial charge is 0.457 e. The van der Waals surface area contributed by atoms with Crippen molar-refractivity contribution in [3.05, 3.63) is 133 Å². The van der Waals surface area contributed by atoms with Crippen molar-refractivity contribution in [3.63, 3.8) is 0 Å². The zero-order chi connectivity index (χ0) is 22.0. The molecule has 0 radical (unpaired) electrons. The van der Waals surface area contributed by atoms with Gasteiger partial charge in [-0.3, -0.25) is 0 Å². The number of hydrogen-bond acceptors (Lipinski definition) is 2. The van der Waals surface area contributed by atoms with Crippen LogP contribution in [-0.2, 0) is 0 Å². The second-order valence-corrected chi connectivity index (χ2v) is 8.20. The smallest absolute Gasteiger partial charge is 0.328 e. The van der Waals surface area contributed by atoms with Gasteiger partial charge in [0.15, 0.2) is 0 Å². The molecule has 1 aliphatic heterocycles. The fourth-order valence-electron chi connectivity index (χ4n) is 4.72. The fourth-order valence-corrected chi connectivity index (χ4v) is 4.72. The van der Waals surface area contributed by atoms with Gasteiger partial charge in [0.05, 0.1) is 0 Å². The van der Waals surface area contributed by atoms with E-state index in [2.05, 4.69) is 108 Å². The minimum atomic E-state index is 0.0595. The van der Waals surface area contributed by atoms with E-state index in [1.165, 1.54) is 33.4 Å². The van der Waals surface area contributed by atoms with Crippen LogP contribution in [0.2, 0.25) is 0 Å². The molecule has 0 atom stereocenters. The molecule has 0 saturated carbocycles. The number of ether oxygens (including phenoxy) is 1. The maximum atomic E-state index is 6.04. The van der Waals surface area contributed by atoms with Crippen molar-refractivity contribution in [1.82, 2.24) is 0 Å². The molecule has 5 aromatic carbocycles. The standard InChI is InChI=1S/C30H22BNO/c1-3-11-24(12-4-1)32-30-18-10-8-16-28(30)27-15-7-9-17-29(27)31(32)23-19-21-26(22-20-23)33-25-13-5-2-6-14-25/h1-22H. The van der Waals surface area contributed by atoms with Crippen molar-refractivity contribution in [2.24, 2.45) is 0 Å². The molecule has 0 spiro atoms. The third-order valence-corrected chi connectivity index (χ3v) is 6.18. The van der Waals surface area contributed by atoms with E-state index in [0.29, 0.717) is 0 Å². The number of hydrogen-bond donors (Lipinski definition) is 0. The fraction of sp³-hybridized carbons (Fsp3) is 0. The summed E-state index contributed by atoms with van der Waals surface area (Å²) in [4.78, 5) is 2.45. The van der Waals surface area contributed by atoms with Crippen LogP contribution in [-0.4, -0.2) is 6.85 Å². The van der Waals surface area contributed by atoms with E-state index in [-0.39, 0.29) is 6.85 Å². The Morgan fingerprint density at radius 2 is 1.06 bits per heavy atom. The van der Waals surface area contributed by atoms with Crippen molar-refractivity contribution in [1.29, 1.82) is 0 Å². The van der Waals surface area contributed by atoms with E-state index in [4.69, 9.17) is 4.74 Å². The Bertz CT molecular complexity index is 1380. The van der Waals surface area contributed by atoms with Crippen LogP contribution in [0.15, 0.2) is 133 Å². The minimum absolute atomic E-state index is 0.0595. The molecule has 0 aromatic heterocycles. The van der Waals surface area contributed by atoms with Gasteiger partial charge in [0.1, 0.15) is 11.5 Å². The molecule has 6 rings (SSSR count). The van der Waals surface area contributed by atoms with Gasteiger partial charge in [-0.15, -0.1) is 0 Å². The van der Waals surface area contributed by atoms with Crippen LogP contribution in [0.1, 0.15) is 0 Å². The molecule has 0 unspecified atom stereocenters. The highest BCUT2D eigenvalue weighted by molar-refractivity contribution is 6.90. The van der Waals surface area contributed by atoms with Crippen LogP contribution < -0.4 is 20.5 Å². The SMILES string of the molecule is c1ccc(Oc2ccc(B3c4ccccc4-c4ccccc4N3c3ccccc3)cc2)cc1. The molecule has 0 N–H and O–H groups in total. The Kier molecular flexibility index (Phi) is 4.93. The van der Waals surface area contributed by atoms with E-state index < -0.39 is 0 Å². The molecule has 1 heterocycles. The summed E-state index contributed by atoms with van der Waals surface area (Å²) < 4.78 is 6.04. The quantitative estimate of drug-likeness (QED) is 0.310. The van der Waals surface area contributed by atoms with E-state index in [0.717, 1.165) is 11.5 Å². The summed E-state index contributed by atoms with van der Waals surface area (Å²) in [5.74, 6) is 1.67. The summed E-state index contributed by atoms with van der Waals surface area (Å²) in [5.41, 5.74) is 7.47. The van der Waals surface area contributed by atoms with Crippen molar-refractivity contribution < 1.29 is 4.74 Å². The predicted molar refractivity (Wildman–Crippen MR) is 138 cm³/mol. The van der Waals surface area contributed by atoms with E-state index in [1.54, 1.807) is 0 Å². The third-order valence-electron chi connectivity index (χ3n) is 6.18. The third kappa shape index (κ3) is 3.58. The lowest BCUT2D eigenvalue weighted by atomic mass is 9.46. The van der Waals surface area contributed by atoms with Crippen LogP contribution in [0, 0.1) is 0 Å². The first-order valence-electron chi connectivity index (χ1n) is 11.2. The maximum Gasteiger partial charge on any atom is 0.328 e. The van der Waals surface area contributed by atoms with Crippen molar-refractivity contribution >= 4 is 29.1 Å². The molecule has 33 heavy (non-hydrogen) atoms. The van der Waals surface area contributed by atoms with Gasteiger partial charge in [0, 0.05) is 16.9 Å². The molecule has 0 amide bonds. The van der Waals surface area contributed by atoms with Crippen molar-refractivity contribution in [2.75, 3.05) is 4.81 Å². The molecule has 2 nitrogen and oxygen atoms in total. The lowest BCUT2D eigenvalue weighted by Crippen LogP contribution is -2.57. The van der Waals surface area contributed by atoms with Gasteiger partial charge in [-0.25, -0.2) is 0 Å². The summed E-state index contributed by atoms with van der Waals surface area (Å²) in [7, 11) is 0. The molecular weight excluding hydrogens is 401 g/mol. The zero-order valence-electron chi connectivity index (χ0n) is 18.1. The Hall–Kier alpha value is -4.24. The molecule has 3 heteroatoms. The van der Waals surface area contributed by atoms with Gasteiger partial charge in [-0.05, 0) is 53.5 Å². The van der Waals surface area contributed by atoms with E-state index in [1.807, 2.05) is 30.3 Å². The highest BCUT2D eigenvalue weighted by atomic mass is 16.5. The van der Waals surface area contributed by atoms with Crippen LogP contribution in [0.25, 0.3) is 11.1 Å². The first-order valence-corrected chi connectivity index (χ1v) is 11.2. The summed E-state index contributed by atoms with van der Waals surface area (Å²) in [6.45, 7) is 0.0595. The van der Waals surface area contributed by atoms with Crippen LogP contribution in [0.5, 0.6) is 11.5 Å². The molecule has 5 aromatic rings. The number of para-hydroxylation sites is 3. The van der Waals surface area contributed by atoms with Gasteiger partial charge >= 0.3 is 6.85 Å². The van der Waals surface area contributed by atoms with E-state index >= 15 is 0 Å². The maximum absolute atomic E-state index is 6.04. The average Bonchev–Trinajstić information content (AvgIpc) is 2.89. The Labute approximate surface area is 194 Å². The summed E-state index contributed by atoms with van der Waals surface area (Å²) >= 11 is 0. The van der Waals surface area contributed by atoms with Gasteiger partial charge in [-0.1, -0.05) is 96.5 Å². The van der Waals surface area contributed by atoms with Gasteiger partial charge in [0.2, 0.25) is 0 Å². The summed E-state index contributed by atoms with van der Waals surface area (Å²) in [6.07, 6.45) is 0. The van der Waals surface area contributed by atoms with Crippen molar-refractivity contribution in [3.8, 4) is 22.6 Å². The topological polar surface area (TPSA) is 12.5 Å². The molecule has 156 valence electrons. The highest BCUT2D eigenvalue weighted by Gasteiger charge is 2.36. The monoisotopic (exact) mass is 423 g/mol. The molecule has 0 bridgehead atoms.